The van der Waals surface area contributed by atoms with Crippen molar-refractivity contribution < 1.29 is 4.92 Å². The first kappa shape index (κ1) is 14.6. The summed E-state index contributed by atoms with van der Waals surface area (Å²) in [6, 6.07) is 0. The van der Waals surface area contributed by atoms with Crippen LogP contribution in [0.3, 0.4) is 0 Å². The smallest absolute Gasteiger partial charge is 0.353 e. The Kier molecular flexibility index (Phi) is 4.54. The van der Waals surface area contributed by atoms with Gasteiger partial charge in [0, 0.05) is 12.7 Å². The third-order valence-corrected chi connectivity index (χ3v) is 2.62. The van der Waals surface area contributed by atoms with Gasteiger partial charge in [-0.05, 0) is 13.8 Å². The summed E-state index contributed by atoms with van der Waals surface area (Å²) in [5.41, 5.74) is 1.29. The highest BCUT2D eigenvalue weighted by Gasteiger charge is 2.22. The Morgan fingerprint density at radius 3 is 2.43 bits per heavy atom. The number of nitro groups is 1. The first-order valence-corrected chi connectivity index (χ1v) is 6.36. The van der Waals surface area contributed by atoms with E-state index in [1.165, 1.54) is 6.33 Å². The van der Waals surface area contributed by atoms with Crippen molar-refractivity contribution in [2.75, 3.05) is 17.2 Å². The predicted molar refractivity (Wildman–Crippen MR) is 76.9 cm³/mol. The number of nitrogens with zero attached hydrogens (tertiary/aromatic N) is 5. The van der Waals surface area contributed by atoms with Crippen LogP contribution in [0.4, 0.5) is 17.3 Å². The highest BCUT2D eigenvalue weighted by atomic mass is 16.6. The Labute approximate surface area is 121 Å². The lowest BCUT2D eigenvalue weighted by atomic mass is 10.3. The Morgan fingerprint density at radius 1 is 1.14 bits per heavy atom. The Hall–Kier alpha value is -2.84. The van der Waals surface area contributed by atoms with E-state index >= 15 is 0 Å². The third kappa shape index (κ3) is 3.59. The van der Waals surface area contributed by atoms with Gasteiger partial charge in [0.25, 0.3) is 0 Å². The normalized spacial score (nSPS) is 10.2. The zero-order chi connectivity index (χ0) is 15.2. The van der Waals surface area contributed by atoms with Crippen molar-refractivity contribution in [3.8, 4) is 0 Å². The highest BCUT2D eigenvalue weighted by molar-refractivity contribution is 5.69. The van der Waals surface area contributed by atoms with Crippen molar-refractivity contribution in [3.63, 3.8) is 0 Å². The lowest BCUT2D eigenvalue weighted by molar-refractivity contribution is -0.383. The number of hydrogen-bond donors (Lipinski definition) is 2. The molecule has 2 aromatic rings. The maximum absolute atomic E-state index is 11.2. The van der Waals surface area contributed by atoms with Gasteiger partial charge in [-0.15, -0.1) is 0 Å². The Morgan fingerprint density at radius 2 is 1.86 bits per heavy atom. The molecule has 2 heterocycles. The van der Waals surface area contributed by atoms with E-state index < -0.39 is 4.92 Å². The lowest BCUT2D eigenvalue weighted by Crippen LogP contribution is -2.10. The van der Waals surface area contributed by atoms with Gasteiger partial charge in [-0.2, -0.15) is 0 Å². The van der Waals surface area contributed by atoms with Gasteiger partial charge >= 0.3 is 5.69 Å². The van der Waals surface area contributed by atoms with Crippen LogP contribution in [-0.4, -0.2) is 31.4 Å². The number of rotatable bonds is 6. The van der Waals surface area contributed by atoms with E-state index in [-0.39, 0.29) is 23.9 Å². The summed E-state index contributed by atoms with van der Waals surface area (Å²) in [4.78, 5) is 26.8. The van der Waals surface area contributed by atoms with Gasteiger partial charge in [-0.3, -0.25) is 20.1 Å². The van der Waals surface area contributed by atoms with E-state index in [0.717, 1.165) is 5.69 Å². The molecule has 0 aliphatic rings. The average molecular weight is 289 g/mol. The van der Waals surface area contributed by atoms with Crippen LogP contribution >= 0.6 is 0 Å². The molecule has 0 saturated heterocycles. The molecule has 0 bridgehead atoms. The van der Waals surface area contributed by atoms with Gasteiger partial charge in [0.15, 0.2) is 0 Å². The molecule has 0 aromatic carbocycles. The average Bonchev–Trinajstić information content (AvgIpc) is 2.47. The molecule has 0 saturated carbocycles. The monoisotopic (exact) mass is 289 g/mol. The second kappa shape index (κ2) is 6.55. The van der Waals surface area contributed by atoms with Gasteiger partial charge in [0.05, 0.1) is 29.1 Å². The molecule has 0 atom stereocenters. The molecule has 2 N–H and O–H groups in total. The first-order chi connectivity index (χ1) is 10.1. The molecule has 0 amide bonds. The minimum Gasteiger partial charge on any atom is -0.364 e. The van der Waals surface area contributed by atoms with Gasteiger partial charge in [-0.25, -0.2) is 9.97 Å². The summed E-state index contributed by atoms with van der Waals surface area (Å²) < 4.78 is 0. The third-order valence-electron chi connectivity index (χ3n) is 2.62. The van der Waals surface area contributed by atoms with E-state index in [1.54, 1.807) is 12.4 Å². The van der Waals surface area contributed by atoms with Crippen LogP contribution in [-0.2, 0) is 6.54 Å². The summed E-state index contributed by atoms with van der Waals surface area (Å²) in [6.07, 6.45) is 4.52. The van der Waals surface area contributed by atoms with E-state index in [1.807, 2.05) is 13.8 Å². The summed E-state index contributed by atoms with van der Waals surface area (Å²) in [6.45, 7) is 4.49. The Bertz CT molecular complexity index is 630. The van der Waals surface area contributed by atoms with E-state index in [0.29, 0.717) is 12.2 Å². The van der Waals surface area contributed by atoms with E-state index in [2.05, 4.69) is 30.6 Å². The van der Waals surface area contributed by atoms with E-state index in [9.17, 15) is 10.1 Å². The molecular weight excluding hydrogens is 274 g/mol. The molecular formula is C12H15N7O2. The zero-order valence-electron chi connectivity index (χ0n) is 11.7. The summed E-state index contributed by atoms with van der Waals surface area (Å²) >= 11 is 0. The van der Waals surface area contributed by atoms with E-state index in [4.69, 9.17) is 0 Å². The minimum absolute atomic E-state index is 0.147. The van der Waals surface area contributed by atoms with Crippen molar-refractivity contribution >= 4 is 17.3 Å². The molecule has 0 aliphatic carbocycles. The molecule has 2 aromatic heterocycles. The maximum atomic E-state index is 11.2. The SMILES string of the molecule is CCNc1ncnc(NCc2cnc(C)cn2)c1[N+](=O)[O-]. The maximum Gasteiger partial charge on any atom is 0.353 e. The van der Waals surface area contributed by atoms with Crippen LogP contribution in [0.1, 0.15) is 18.3 Å². The molecule has 110 valence electrons. The molecule has 9 heteroatoms. The number of nitrogens with one attached hydrogen (secondary N) is 2. The topological polar surface area (TPSA) is 119 Å². The van der Waals surface area contributed by atoms with Crippen LogP contribution in [0.2, 0.25) is 0 Å². The second-order valence-electron chi connectivity index (χ2n) is 4.21. The number of aryl methyl sites for hydroxylation is 1. The van der Waals surface area contributed by atoms with Crippen LogP contribution < -0.4 is 10.6 Å². The fraction of sp³-hybridized carbons (Fsp3) is 0.333. The molecule has 2 rings (SSSR count). The molecule has 0 spiro atoms. The highest BCUT2D eigenvalue weighted by Crippen LogP contribution is 2.28. The van der Waals surface area contributed by atoms with Crippen molar-refractivity contribution in [1.29, 1.82) is 0 Å². The number of hydrogen-bond acceptors (Lipinski definition) is 8. The van der Waals surface area contributed by atoms with Gasteiger partial charge < -0.3 is 10.6 Å². The summed E-state index contributed by atoms with van der Waals surface area (Å²) in [5.74, 6) is 0.336. The molecule has 0 aliphatic heterocycles. The van der Waals surface area contributed by atoms with Crippen molar-refractivity contribution in [2.45, 2.75) is 20.4 Å². The second-order valence-corrected chi connectivity index (χ2v) is 4.21. The first-order valence-electron chi connectivity index (χ1n) is 6.36. The standard InChI is InChI=1S/C12H15N7O2/c1-3-13-11-10(19(20)21)12(18-7-17-11)16-6-9-5-14-8(2)4-15-9/h4-5,7H,3,6H2,1-2H3,(H2,13,16,17,18). The number of anilines is 2. The lowest BCUT2D eigenvalue weighted by Gasteiger charge is -2.08. The van der Waals surface area contributed by atoms with Gasteiger partial charge in [0.1, 0.15) is 6.33 Å². The molecule has 9 nitrogen and oxygen atoms in total. The van der Waals surface area contributed by atoms with Crippen molar-refractivity contribution in [1.82, 2.24) is 19.9 Å². The molecule has 0 radical (unpaired) electrons. The summed E-state index contributed by atoms with van der Waals surface area (Å²) in [7, 11) is 0. The fourth-order valence-electron chi connectivity index (χ4n) is 1.66. The van der Waals surface area contributed by atoms with Crippen LogP contribution in [0.25, 0.3) is 0 Å². The fourth-order valence-corrected chi connectivity index (χ4v) is 1.66. The van der Waals surface area contributed by atoms with Gasteiger partial charge in [0.2, 0.25) is 11.6 Å². The quantitative estimate of drug-likeness (QED) is 0.607. The zero-order valence-corrected chi connectivity index (χ0v) is 11.7. The van der Waals surface area contributed by atoms with Crippen molar-refractivity contribution in [3.05, 3.63) is 40.2 Å². The number of aromatic nitrogens is 4. The molecule has 21 heavy (non-hydrogen) atoms. The van der Waals surface area contributed by atoms with Crippen molar-refractivity contribution in [2.24, 2.45) is 0 Å². The predicted octanol–water partition coefficient (Wildman–Crippen LogP) is 1.53. The minimum atomic E-state index is -0.513. The largest absolute Gasteiger partial charge is 0.364 e. The van der Waals surface area contributed by atoms with Crippen LogP contribution in [0, 0.1) is 17.0 Å². The van der Waals surface area contributed by atoms with Gasteiger partial charge in [-0.1, -0.05) is 0 Å². The molecule has 0 unspecified atom stereocenters. The van der Waals surface area contributed by atoms with Crippen LogP contribution in [0.15, 0.2) is 18.7 Å². The molecule has 0 fully saturated rings. The summed E-state index contributed by atoms with van der Waals surface area (Å²) in [5, 5.41) is 16.9. The Balaban J connectivity index is 2.21. The van der Waals surface area contributed by atoms with Crippen LogP contribution in [0.5, 0.6) is 0 Å².